The van der Waals surface area contributed by atoms with E-state index < -0.39 is 5.92 Å². The molecule has 0 bridgehead atoms. The molecule has 0 spiro atoms. The van der Waals surface area contributed by atoms with Crippen molar-refractivity contribution in [2.75, 3.05) is 5.32 Å². The van der Waals surface area contributed by atoms with Crippen LogP contribution in [0.4, 0.5) is 5.82 Å². The van der Waals surface area contributed by atoms with Crippen molar-refractivity contribution in [3.8, 4) is 0 Å². The number of benzene rings is 1. The summed E-state index contributed by atoms with van der Waals surface area (Å²) >= 11 is 1.49. The van der Waals surface area contributed by atoms with Gasteiger partial charge < -0.3 is 10.3 Å². The van der Waals surface area contributed by atoms with E-state index in [1.165, 1.54) is 11.8 Å². The molecular formula is C25H24N4O2S. The zero-order valence-corrected chi connectivity index (χ0v) is 18.8. The van der Waals surface area contributed by atoms with Gasteiger partial charge in [0.2, 0.25) is 0 Å². The lowest BCUT2D eigenvalue weighted by atomic mass is 9.69. The van der Waals surface area contributed by atoms with E-state index in [0.717, 1.165) is 23.2 Å². The highest BCUT2D eigenvalue weighted by Gasteiger charge is 2.42. The molecule has 1 atom stereocenters. The lowest BCUT2D eigenvalue weighted by molar-refractivity contribution is -0.118. The molecule has 2 aromatic heterocycles. The Labute approximate surface area is 190 Å². The minimum atomic E-state index is -0.447. The molecule has 0 saturated heterocycles. The van der Waals surface area contributed by atoms with Gasteiger partial charge in [0.15, 0.2) is 10.9 Å². The molecule has 162 valence electrons. The van der Waals surface area contributed by atoms with Crippen molar-refractivity contribution in [3.63, 3.8) is 0 Å². The van der Waals surface area contributed by atoms with Gasteiger partial charge >= 0.3 is 0 Å². The van der Waals surface area contributed by atoms with E-state index in [0.29, 0.717) is 34.3 Å². The van der Waals surface area contributed by atoms with E-state index in [4.69, 9.17) is 4.98 Å². The molecule has 0 radical (unpaired) electrons. The summed E-state index contributed by atoms with van der Waals surface area (Å²) in [6.45, 7) is 4.19. The molecule has 7 heteroatoms. The quantitative estimate of drug-likeness (QED) is 0.450. The maximum Gasteiger partial charge on any atom is 0.257 e. The Bertz CT molecular complexity index is 1270. The monoisotopic (exact) mass is 444 g/mol. The fourth-order valence-corrected chi connectivity index (χ4v) is 5.39. The molecule has 0 amide bonds. The number of fused-ring (bicyclic) bond motifs is 1. The summed E-state index contributed by atoms with van der Waals surface area (Å²) in [6, 6.07) is 13.8. The zero-order valence-electron chi connectivity index (χ0n) is 18.0. The summed E-state index contributed by atoms with van der Waals surface area (Å²) in [5.74, 6) is 0.876. The van der Waals surface area contributed by atoms with Gasteiger partial charge in [0.25, 0.3) is 5.56 Å². The summed E-state index contributed by atoms with van der Waals surface area (Å²) in [4.78, 5) is 38.3. The smallest absolute Gasteiger partial charge is 0.257 e. The minimum absolute atomic E-state index is 0.0816. The van der Waals surface area contributed by atoms with Gasteiger partial charge in [-0.25, -0.2) is 4.98 Å². The van der Waals surface area contributed by atoms with Crippen LogP contribution in [0.2, 0.25) is 0 Å². The number of anilines is 1. The third-order valence-corrected chi connectivity index (χ3v) is 6.90. The SMILES string of the molecule is CC1(C)CC(=O)C2=C(C1)Nc1nc(SCc3ccccc3)[nH]c(=O)c1[C@@H]2c1ccncc1. The topological polar surface area (TPSA) is 87.7 Å². The number of hydrogen-bond acceptors (Lipinski definition) is 6. The minimum Gasteiger partial charge on any atom is -0.343 e. The van der Waals surface area contributed by atoms with Crippen molar-refractivity contribution in [3.05, 3.63) is 93.2 Å². The number of nitrogens with zero attached hydrogens (tertiary/aromatic N) is 2. The predicted molar refractivity (Wildman–Crippen MR) is 126 cm³/mol. The highest BCUT2D eigenvalue weighted by atomic mass is 32.2. The van der Waals surface area contributed by atoms with Crippen LogP contribution < -0.4 is 10.9 Å². The number of hydrogen-bond donors (Lipinski definition) is 2. The van der Waals surface area contributed by atoms with Gasteiger partial charge in [-0.05, 0) is 35.1 Å². The van der Waals surface area contributed by atoms with Gasteiger partial charge in [-0.3, -0.25) is 14.6 Å². The number of aromatic nitrogens is 3. The standard InChI is InChI=1S/C25H24N4O2S/c1-25(2)12-17-20(18(30)13-25)19(16-8-10-26-11-9-16)21-22(27-17)28-24(29-23(21)31)32-14-15-6-4-3-5-7-15/h3-11,19H,12-14H2,1-2H3,(H2,27,28,29,31)/t19-/m1/s1. The van der Waals surface area contributed by atoms with E-state index in [1.54, 1.807) is 12.4 Å². The van der Waals surface area contributed by atoms with Crippen molar-refractivity contribution < 1.29 is 4.79 Å². The molecule has 1 aliphatic carbocycles. The van der Waals surface area contributed by atoms with E-state index in [9.17, 15) is 9.59 Å². The predicted octanol–water partition coefficient (Wildman–Crippen LogP) is 4.66. The Hall–Kier alpha value is -3.19. The van der Waals surface area contributed by atoms with Crippen molar-refractivity contribution >= 4 is 23.4 Å². The van der Waals surface area contributed by atoms with Gasteiger partial charge in [0.1, 0.15) is 5.82 Å². The molecule has 2 N–H and O–H groups in total. The molecule has 5 rings (SSSR count). The summed E-state index contributed by atoms with van der Waals surface area (Å²) in [7, 11) is 0. The zero-order chi connectivity index (χ0) is 22.3. The number of nitrogens with one attached hydrogen (secondary N) is 2. The van der Waals surface area contributed by atoms with Gasteiger partial charge in [0.05, 0.1) is 5.56 Å². The molecule has 32 heavy (non-hydrogen) atoms. The maximum atomic E-state index is 13.3. The van der Waals surface area contributed by atoms with E-state index in [2.05, 4.69) is 29.1 Å². The first-order chi connectivity index (χ1) is 15.4. The molecule has 2 aliphatic rings. The number of ketones is 1. The van der Waals surface area contributed by atoms with E-state index in [-0.39, 0.29) is 16.8 Å². The lowest BCUT2D eigenvalue weighted by Gasteiger charge is -2.38. The third-order valence-electron chi connectivity index (χ3n) is 5.96. The van der Waals surface area contributed by atoms with Crippen LogP contribution in [0.3, 0.4) is 0 Å². The van der Waals surface area contributed by atoms with Gasteiger partial charge in [-0.2, -0.15) is 0 Å². The summed E-state index contributed by atoms with van der Waals surface area (Å²) in [5.41, 5.74) is 3.72. The summed E-state index contributed by atoms with van der Waals surface area (Å²) < 4.78 is 0. The summed E-state index contributed by atoms with van der Waals surface area (Å²) in [6.07, 6.45) is 4.58. The van der Waals surface area contributed by atoms with Crippen LogP contribution in [0.1, 0.15) is 49.3 Å². The van der Waals surface area contributed by atoms with Crippen molar-refractivity contribution in [2.24, 2.45) is 5.41 Å². The molecule has 1 aromatic carbocycles. The first kappa shape index (κ1) is 20.7. The van der Waals surface area contributed by atoms with Crippen molar-refractivity contribution in [2.45, 2.75) is 43.5 Å². The molecule has 3 aromatic rings. The molecule has 0 saturated carbocycles. The second-order valence-electron chi connectivity index (χ2n) is 9.08. The van der Waals surface area contributed by atoms with E-state index >= 15 is 0 Å². The second kappa shape index (κ2) is 8.06. The van der Waals surface area contributed by atoms with Crippen molar-refractivity contribution in [1.82, 2.24) is 15.0 Å². The number of allylic oxidation sites excluding steroid dienone is 2. The number of carbonyl (C=O) groups is 1. The fraction of sp³-hybridized carbons (Fsp3) is 0.280. The molecule has 3 heterocycles. The largest absolute Gasteiger partial charge is 0.343 e. The number of pyridine rings is 1. The molecule has 0 unspecified atom stereocenters. The fourth-order valence-electron chi connectivity index (χ4n) is 4.58. The molecule has 1 aliphatic heterocycles. The van der Waals surface area contributed by atoms with Crippen LogP contribution in [0.25, 0.3) is 0 Å². The third kappa shape index (κ3) is 3.88. The van der Waals surface area contributed by atoms with Gasteiger partial charge in [0, 0.05) is 41.8 Å². The number of thioether (sulfide) groups is 1. The maximum absolute atomic E-state index is 13.3. The summed E-state index contributed by atoms with van der Waals surface area (Å²) in [5, 5.41) is 3.92. The lowest BCUT2D eigenvalue weighted by Crippen LogP contribution is -2.37. The van der Waals surface area contributed by atoms with Crippen LogP contribution in [0.5, 0.6) is 0 Å². The molecule has 6 nitrogen and oxygen atoms in total. The van der Waals surface area contributed by atoms with Gasteiger partial charge in [-0.15, -0.1) is 0 Å². The first-order valence-electron chi connectivity index (χ1n) is 10.7. The average molecular weight is 445 g/mol. The van der Waals surface area contributed by atoms with Crippen LogP contribution in [0, 0.1) is 5.41 Å². The van der Waals surface area contributed by atoms with Crippen LogP contribution in [0.15, 0.2) is 76.1 Å². The Morgan fingerprint density at radius 2 is 1.81 bits per heavy atom. The van der Waals surface area contributed by atoms with Crippen LogP contribution in [-0.2, 0) is 10.5 Å². The molecule has 0 fully saturated rings. The Morgan fingerprint density at radius 3 is 2.56 bits per heavy atom. The molecular weight excluding hydrogens is 420 g/mol. The Kier molecular flexibility index (Phi) is 5.21. The first-order valence-corrected chi connectivity index (χ1v) is 11.6. The highest BCUT2D eigenvalue weighted by Crippen LogP contribution is 2.47. The Balaban J connectivity index is 1.59. The van der Waals surface area contributed by atoms with Crippen LogP contribution >= 0.6 is 11.8 Å². The number of aromatic amines is 1. The second-order valence-corrected chi connectivity index (χ2v) is 10.0. The number of carbonyl (C=O) groups excluding carboxylic acids is 1. The Morgan fingerprint density at radius 1 is 1.06 bits per heavy atom. The van der Waals surface area contributed by atoms with Gasteiger partial charge in [-0.1, -0.05) is 55.9 Å². The van der Waals surface area contributed by atoms with Crippen molar-refractivity contribution in [1.29, 1.82) is 0 Å². The number of Topliss-reactive ketones (excluding diaryl/α,β-unsaturated/α-hetero) is 1. The van der Waals surface area contributed by atoms with Crippen LogP contribution in [-0.4, -0.2) is 20.7 Å². The highest BCUT2D eigenvalue weighted by molar-refractivity contribution is 7.98. The normalized spacial score (nSPS) is 19.2. The average Bonchev–Trinajstić information content (AvgIpc) is 2.77. The van der Waals surface area contributed by atoms with E-state index in [1.807, 2.05) is 42.5 Å². The number of H-pyrrole nitrogens is 1. The number of rotatable bonds is 4.